The van der Waals surface area contributed by atoms with E-state index in [9.17, 15) is 9.90 Å². The molecule has 0 atom stereocenters. The van der Waals surface area contributed by atoms with Gasteiger partial charge in [-0.15, -0.1) is 23.5 Å². The van der Waals surface area contributed by atoms with Gasteiger partial charge in [0.05, 0.1) is 23.0 Å². The second-order valence-corrected chi connectivity index (χ2v) is 21.2. The minimum Gasteiger partial charge on any atom is -0.507 e. The number of carbonyl (C=O) groups is 1. The summed E-state index contributed by atoms with van der Waals surface area (Å²) in [5.41, 5.74) is 4.61. The fourth-order valence-corrected chi connectivity index (χ4v) is 9.58. The summed E-state index contributed by atoms with van der Waals surface area (Å²) in [5, 5.41) is 18.7. The Hall–Kier alpha value is -2.78. The molecule has 0 saturated carbocycles. The van der Waals surface area contributed by atoms with Gasteiger partial charge in [0.25, 0.3) is 0 Å². The van der Waals surface area contributed by atoms with E-state index in [1.165, 1.54) is 16.0 Å². The van der Waals surface area contributed by atoms with E-state index in [2.05, 4.69) is 118 Å². The van der Waals surface area contributed by atoms with Crippen LogP contribution in [0.15, 0.2) is 46.3 Å². The SMILES string of the molecule is CCOC(=O)N1CCC(Sc2cc(C(C)(C)C)c(O)c(C(C)(C)C)c2)(Sc2cc(C(C)(C)C)c(OCCCc3cc[nH]n3)c(C(C)(C)C)c2)CC1. The Morgan fingerprint density at radius 3 is 1.71 bits per heavy atom. The zero-order chi connectivity index (χ0) is 38.0. The highest BCUT2D eigenvalue weighted by Gasteiger charge is 2.40. The number of hydrogen-bond acceptors (Lipinski definition) is 7. The van der Waals surface area contributed by atoms with Crippen molar-refractivity contribution in [3.63, 3.8) is 0 Å². The van der Waals surface area contributed by atoms with E-state index in [4.69, 9.17) is 9.47 Å². The van der Waals surface area contributed by atoms with Crippen molar-refractivity contribution in [3.8, 4) is 11.5 Å². The van der Waals surface area contributed by atoms with Gasteiger partial charge in [-0.05, 0) is 84.6 Å². The lowest BCUT2D eigenvalue weighted by Crippen LogP contribution is -2.44. The highest BCUT2D eigenvalue weighted by Crippen LogP contribution is 2.55. The number of nitrogens with zero attached hydrogens (tertiary/aromatic N) is 2. The van der Waals surface area contributed by atoms with Gasteiger partial charge < -0.3 is 19.5 Å². The van der Waals surface area contributed by atoms with Crippen molar-refractivity contribution in [2.45, 2.75) is 151 Å². The van der Waals surface area contributed by atoms with Crippen LogP contribution in [0.3, 0.4) is 0 Å². The van der Waals surface area contributed by atoms with Crippen molar-refractivity contribution in [3.05, 3.63) is 64.5 Å². The molecule has 2 heterocycles. The first-order valence-electron chi connectivity index (χ1n) is 18.5. The third kappa shape index (κ3) is 10.4. The quantitative estimate of drug-likeness (QED) is 0.158. The number of aromatic nitrogens is 2. The lowest BCUT2D eigenvalue weighted by molar-refractivity contribution is 0.0993. The molecule has 0 spiro atoms. The van der Waals surface area contributed by atoms with Crippen LogP contribution in [0.5, 0.6) is 11.5 Å². The number of likely N-dealkylation sites (tertiary alicyclic amines) is 1. The summed E-state index contributed by atoms with van der Waals surface area (Å²) in [5.74, 6) is 1.38. The molecule has 0 radical (unpaired) electrons. The molecule has 1 amide bonds. The van der Waals surface area contributed by atoms with Gasteiger partial charge in [-0.25, -0.2) is 4.79 Å². The molecule has 0 bridgehead atoms. The van der Waals surface area contributed by atoms with Gasteiger partial charge in [-0.2, -0.15) is 5.10 Å². The monoisotopic (exact) mass is 737 g/mol. The Kier molecular flexibility index (Phi) is 12.6. The standard InChI is InChI=1S/C42H63N3O4S2/c1-14-48-37(47)45-21-18-42(19-22-45,50-29-24-31(38(2,3)4)35(46)32(25-29)39(5,6)7)51-30-26-33(40(8,9)10)36(34(27-30)41(11,12)13)49-23-15-16-28-17-20-43-44-28/h17,20,24-27,46H,14-16,18-19,21-23H2,1-13H3,(H,43,44). The summed E-state index contributed by atoms with van der Waals surface area (Å²) in [4.78, 5) is 17.0. The van der Waals surface area contributed by atoms with Crippen LogP contribution >= 0.6 is 23.5 Å². The molecule has 0 unspecified atom stereocenters. The molecule has 1 aromatic heterocycles. The van der Waals surface area contributed by atoms with Crippen LogP contribution < -0.4 is 4.74 Å². The average Bonchev–Trinajstić information content (AvgIpc) is 3.52. The second-order valence-electron chi connectivity index (χ2n) is 18.0. The van der Waals surface area contributed by atoms with E-state index < -0.39 is 0 Å². The number of hydrogen-bond donors (Lipinski definition) is 2. The van der Waals surface area contributed by atoms with Crippen LogP contribution in [0.25, 0.3) is 0 Å². The maximum absolute atomic E-state index is 12.8. The molecular formula is C42H63N3O4S2. The van der Waals surface area contributed by atoms with E-state index in [1.54, 1.807) is 0 Å². The maximum Gasteiger partial charge on any atom is 0.409 e. The molecule has 282 valence electrons. The third-order valence-electron chi connectivity index (χ3n) is 9.42. The summed E-state index contributed by atoms with van der Waals surface area (Å²) < 4.78 is 11.9. The number of rotatable bonds is 10. The number of aryl methyl sites for hydroxylation is 1. The number of aromatic amines is 1. The molecule has 3 aromatic rings. The predicted octanol–water partition coefficient (Wildman–Crippen LogP) is 11.1. The van der Waals surface area contributed by atoms with Crippen LogP contribution in [0.1, 0.15) is 137 Å². The highest BCUT2D eigenvalue weighted by molar-refractivity contribution is 8.18. The van der Waals surface area contributed by atoms with Gasteiger partial charge in [0.1, 0.15) is 11.5 Å². The first-order valence-corrected chi connectivity index (χ1v) is 20.2. The Balaban J connectivity index is 1.79. The number of aromatic hydroxyl groups is 1. The molecule has 4 rings (SSSR count). The number of carbonyl (C=O) groups excluding carboxylic acids is 1. The van der Waals surface area contributed by atoms with E-state index in [0.29, 0.717) is 32.1 Å². The smallest absolute Gasteiger partial charge is 0.409 e. The normalized spacial score (nSPS) is 15.6. The minimum absolute atomic E-state index is 0.151. The summed E-state index contributed by atoms with van der Waals surface area (Å²) in [6, 6.07) is 11.1. The van der Waals surface area contributed by atoms with Gasteiger partial charge in [-0.3, -0.25) is 5.10 Å². The van der Waals surface area contributed by atoms with Gasteiger partial charge >= 0.3 is 6.09 Å². The van der Waals surface area contributed by atoms with Crippen molar-refractivity contribution in [2.75, 3.05) is 26.3 Å². The largest absolute Gasteiger partial charge is 0.507 e. The summed E-state index contributed by atoms with van der Waals surface area (Å²) in [6.07, 6.45) is 4.95. The molecule has 2 N–H and O–H groups in total. The third-order valence-corrected chi connectivity index (χ3v) is 12.4. The van der Waals surface area contributed by atoms with Gasteiger partial charge in [0.15, 0.2) is 0 Å². The number of benzene rings is 2. The van der Waals surface area contributed by atoms with Crippen LogP contribution in [0.2, 0.25) is 0 Å². The van der Waals surface area contributed by atoms with Crippen LogP contribution in [0, 0.1) is 0 Å². The molecule has 2 aromatic carbocycles. The Morgan fingerprint density at radius 1 is 0.824 bits per heavy atom. The molecule has 1 saturated heterocycles. The van der Waals surface area contributed by atoms with Gasteiger partial charge in [-0.1, -0.05) is 83.1 Å². The number of phenols is 1. The van der Waals surface area contributed by atoms with Gasteiger partial charge in [0.2, 0.25) is 0 Å². The van der Waals surface area contributed by atoms with Crippen molar-refractivity contribution in [2.24, 2.45) is 0 Å². The molecular weight excluding hydrogens is 675 g/mol. The Morgan fingerprint density at radius 2 is 1.29 bits per heavy atom. The van der Waals surface area contributed by atoms with E-state index in [1.807, 2.05) is 47.6 Å². The summed E-state index contributed by atoms with van der Waals surface area (Å²) in [7, 11) is 0. The zero-order valence-corrected chi connectivity index (χ0v) is 35.1. The average molecular weight is 738 g/mol. The van der Waals surface area contributed by atoms with Crippen molar-refractivity contribution in [1.82, 2.24) is 15.1 Å². The van der Waals surface area contributed by atoms with Crippen LogP contribution in [0.4, 0.5) is 4.79 Å². The minimum atomic E-state index is -0.263. The molecule has 1 aliphatic heterocycles. The number of H-pyrrole nitrogens is 1. The Bertz CT molecular complexity index is 1560. The highest BCUT2D eigenvalue weighted by atomic mass is 32.2. The predicted molar refractivity (Wildman–Crippen MR) is 214 cm³/mol. The Labute approximate surface area is 316 Å². The summed E-state index contributed by atoms with van der Waals surface area (Å²) in [6.45, 7) is 30.6. The number of nitrogens with one attached hydrogen (secondary N) is 1. The van der Waals surface area contributed by atoms with Crippen LogP contribution in [-0.4, -0.2) is 56.7 Å². The van der Waals surface area contributed by atoms with Crippen molar-refractivity contribution < 1.29 is 19.4 Å². The molecule has 1 fully saturated rings. The fourth-order valence-electron chi connectivity index (χ4n) is 6.50. The molecule has 7 nitrogen and oxygen atoms in total. The van der Waals surface area contributed by atoms with Crippen molar-refractivity contribution in [1.29, 1.82) is 0 Å². The molecule has 51 heavy (non-hydrogen) atoms. The number of piperidine rings is 1. The maximum atomic E-state index is 12.8. The fraction of sp³-hybridized carbons (Fsp3) is 0.619. The second kappa shape index (κ2) is 15.7. The van der Waals surface area contributed by atoms with Crippen molar-refractivity contribution >= 4 is 29.6 Å². The lowest BCUT2D eigenvalue weighted by atomic mass is 9.79. The molecule has 0 aliphatic carbocycles. The van der Waals surface area contributed by atoms with E-state index in [-0.39, 0.29) is 31.8 Å². The first kappa shape index (κ1) is 41.0. The topological polar surface area (TPSA) is 87.7 Å². The van der Waals surface area contributed by atoms with Crippen LogP contribution in [-0.2, 0) is 32.8 Å². The van der Waals surface area contributed by atoms with E-state index in [0.717, 1.165) is 53.1 Å². The number of thioether (sulfide) groups is 2. The number of phenolic OH excluding ortho intramolecular Hbond substituents is 1. The molecule has 9 heteroatoms. The van der Waals surface area contributed by atoms with E-state index >= 15 is 0 Å². The lowest BCUT2D eigenvalue weighted by Gasteiger charge is -2.41. The summed E-state index contributed by atoms with van der Waals surface area (Å²) >= 11 is 3.80. The van der Waals surface area contributed by atoms with Gasteiger partial charge in [0, 0.05) is 51.3 Å². The number of amides is 1. The molecule has 1 aliphatic rings. The first-order chi connectivity index (χ1) is 23.5. The number of ether oxygens (including phenoxy) is 2. The zero-order valence-electron chi connectivity index (χ0n) is 33.5.